The molecule has 1 saturated heterocycles. The molecule has 1 spiro atoms. The maximum atomic E-state index is 12.6. The summed E-state index contributed by atoms with van der Waals surface area (Å²) >= 11 is 0. The van der Waals surface area contributed by atoms with Crippen LogP contribution in [0.3, 0.4) is 0 Å². The first kappa shape index (κ1) is 20.8. The predicted octanol–water partition coefficient (Wildman–Crippen LogP) is 4.70. The maximum Gasteiger partial charge on any atom is 0.235 e. The molecule has 1 aliphatic heterocycles. The number of ketones is 1. The van der Waals surface area contributed by atoms with Crippen molar-refractivity contribution in [2.75, 3.05) is 19.8 Å². The Hall–Kier alpha value is -2.45. The summed E-state index contributed by atoms with van der Waals surface area (Å²) in [5, 5.41) is 0. The van der Waals surface area contributed by atoms with Crippen LogP contribution in [-0.2, 0) is 20.8 Å². The lowest BCUT2D eigenvalue weighted by atomic mass is 9.72. The Labute approximate surface area is 178 Å². The highest BCUT2D eigenvalue weighted by Crippen LogP contribution is 2.44. The lowest BCUT2D eigenvalue weighted by Gasteiger charge is -2.40. The van der Waals surface area contributed by atoms with Crippen LogP contribution >= 0.6 is 0 Å². The molecule has 2 fully saturated rings. The van der Waals surface area contributed by atoms with Crippen LogP contribution in [0.5, 0.6) is 0 Å². The molecule has 1 saturated carbocycles. The van der Waals surface area contributed by atoms with Crippen molar-refractivity contribution in [2.24, 2.45) is 5.41 Å². The average molecular weight is 405 g/mol. The topological polar surface area (TPSA) is 44.8 Å². The van der Waals surface area contributed by atoms with Crippen molar-refractivity contribution in [1.29, 1.82) is 0 Å². The Morgan fingerprint density at radius 2 is 1.63 bits per heavy atom. The van der Waals surface area contributed by atoms with E-state index in [0.717, 1.165) is 36.8 Å². The van der Waals surface area contributed by atoms with Crippen LogP contribution in [0, 0.1) is 24.2 Å². The molecule has 0 radical (unpaired) electrons. The standard InChI is InChI=1S/C26H28O4/c1-21-7-9-23(10-8-21)24(27)11-12-25(20-28-19-22-5-3-2-4-6-22)13-15-26(16-14-25)29-17-18-30-26/h2-10H,13-20H2,1H3. The van der Waals surface area contributed by atoms with Crippen LogP contribution in [0.1, 0.15) is 47.2 Å². The van der Waals surface area contributed by atoms with Gasteiger partial charge in [-0.1, -0.05) is 66.1 Å². The zero-order valence-electron chi connectivity index (χ0n) is 17.5. The minimum Gasteiger partial charge on any atom is -0.375 e. The molecule has 0 aromatic heterocycles. The van der Waals surface area contributed by atoms with E-state index >= 15 is 0 Å². The third-order valence-corrected chi connectivity index (χ3v) is 6.03. The van der Waals surface area contributed by atoms with Crippen molar-refractivity contribution in [2.45, 2.75) is 45.0 Å². The summed E-state index contributed by atoms with van der Waals surface area (Å²) in [5.41, 5.74) is 2.52. The number of benzene rings is 2. The van der Waals surface area contributed by atoms with Gasteiger partial charge in [0.15, 0.2) is 5.79 Å². The molecule has 0 N–H and O–H groups in total. The fourth-order valence-electron chi connectivity index (χ4n) is 4.11. The normalized spacial score (nSPS) is 19.2. The number of hydrogen-bond acceptors (Lipinski definition) is 4. The molecule has 30 heavy (non-hydrogen) atoms. The molecule has 0 bridgehead atoms. The van der Waals surface area contributed by atoms with Gasteiger partial charge >= 0.3 is 0 Å². The lowest BCUT2D eigenvalue weighted by molar-refractivity contribution is -0.190. The van der Waals surface area contributed by atoms with Crippen molar-refractivity contribution in [3.05, 3.63) is 71.3 Å². The Morgan fingerprint density at radius 1 is 0.967 bits per heavy atom. The van der Waals surface area contributed by atoms with E-state index in [2.05, 4.69) is 24.0 Å². The summed E-state index contributed by atoms with van der Waals surface area (Å²) in [6.45, 7) is 4.33. The Morgan fingerprint density at radius 3 is 2.30 bits per heavy atom. The number of aryl methyl sites for hydroxylation is 1. The smallest absolute Gasteiger partial charge is 0.235 e. The van der Waals surface area contributed by atoms with E-state index in [0.29, 0.717) is 32.0 Å². The quantitative estimate of drug-likeness (QED) is 0.412. The molecule has 2 aliphatic rings. The van der Waals surface area contributed by atoms with Gasteiger partial charge in [-0.15, -0.1) is 0 Å². The van der Waals surface area contributed by atoms with Gasteiger partial charge in [-0.05, 0) is 31.2 Å². The molecule has 2 aromatic rings. The van der Waals surface area contributed by atoms with Gasteiger partial charge in [0.05, 0.1) is 31.8 Å². The Bertz CT molecular complexity index is 905. The molecule has 4 rings (SSSR count). The van der Waals surface area contributed by atoms with Gasteiger partial charge < -0.3 is 14.2 Å². The molecule has 1 heterocycles. The van der Waals surface area contributed by atoms with E-state index < -0.39 is 5.79 Å². The fraction of sp³-hybridized carbons (Fsp3) is 0.423. The number of carbonyl (C=O) groups is 1. The van der Waals surface area contributed by atoms with E-state index in [1.807, 2.05) is 49.4 Å². The van der Waals surface area contributed by atoms with Gasteiger partial charge in [-0.3, -0.25) is 4.79 Å². The molecule has 0 amide bonds. The van der Waals surface area contributed by atoms with Crippen molar-refractivity contribution in [1.82, 2.24) is 0 Å². The summed E-state index contributed by atoms with van der Waals surface area (Å²) in [5.74, 6) is 5.60. The third kappa shape index (κ3) is 4.99. The molecule has 156 valence electrons. The van der Waals surface area contributed by atoms with Crippen molar-refractivity contribution >= 4 is 5.78 Å². The van der Waals surface area contributed by atoms with E-state index in [9.17, 15) is 4.79 Å². The van der Waals surface area contributed by atoms with Gasteiger partial charge in [0.1, 0.15) is 0 Å². The zero-order chi connectivity index (χ0) is 20.9. The molecule has 4 heteroatoms. The summed E-state index contributed by atoms with van der Waals surface area (Å²) in [4.78, 5) is 12.6. The highest BCUT2D eigenvalue weighted by atomic mass is 16.7. The molecule has 0 unspecified atom stereocenters. The molecular formula is C26H28O4. The lowest BCUT2D eigenvalue weighted by Crippen LogP contribution is -2.41. The van der Waals surface area contributed by atoms with Crippen LogP contribution in [0.25, 0.3) is 0 Å². The molecule has 2 aromatic carbocycles. The predicted molar refractivity (Wildman–Crippen MR) is 115 cm³/mol. The minimum absolute atomic E-state index is 0.147. The number of rotatable bonds is 5. The van der Waals surface area contributed by atoms with Crippen LogP contribution < -0.4 is 0 Å². The van der Waals surface area contributed by atoms with Crippen LogP contribution in [0.4, 0.5) is 0 Å². The third-order valence-electron chi connectivity index (χ3n) is 6.03. The average Bonchev–Trinajstić information content (AvgIpc) is 3.24. The summed E-state index contributed by atoms with van der Waals surface area (Å²) in [7, 11) is 0. The van der Waals surface area contributed by atoms with E-state index in [1.165, 1.54) is 0 Å². The first-order valence-electron chi connectivity index (χ1n) is 10.6. The fourth-order valence-corrected chi connectivity index (χ4v) is 4.11. The first-order valence-corrected chi connectivity index (χ1v) is 10.6. The number of ether oxygens (including phenoxy) is 3. The van der Waals surface area contributed by atoms with E-state index in [4.69, 9.17) is 14.2 Å². The van der Waals surface area contributed by atoms with Crippen LogP contribution in [0.15, 0.2) is 54.6 Å². The van der Waals surface area contributed by atoms with Crippen LogP contribution in [0.2, 0.25) is 0 Å². The zero-order valence-corrected chi connectivity index (χ0v) is 17.5. The van der Waals surface area contributed by atoms with Gasteiger partial charge in [-0.25, -0.2) is 0 Å². The van der Waals surface area contributed by atoms with Crippen molar-refractivity contribution in [3.63, 3.8) is 0 Å². The summed E-state index contributed by atoms with van der Waals surface area (Å²) in [6.07, 6.45) is 3.12. The second-order valence-corrected chi connectivity index (χ2v) is 8.31. The van der Waals surface area contributed by atoms with Crippen molar-refractivity contribution < 1.29 is 19.0 Å². The number of hydrogen-bond donors (Lipinski definition) is 0. The maximum absolute atomic E-state index is 12.6. The van der Waals surface area contributed by atoms with E-state index in [-0.39, 0.29) is 11.2 Å². The summed E-state index contributed by atoms with van der Waals surface area (Å²) < 4.78 is 17.8. The SMILES string of the molecule is Cc1ccc(C(=O)C#CC2(COCc3ccccc3)CCC3(CC2)OCCO3)cc1. The molecular weight excluding hydrogens is 376 g/mol. The largest absolute Gasteiger partial charge is 0.375 e. The molecule has 4 nitrogen and oxygen atoms in total. The molecule has 0 atom stereocenters. The second-order valence-electron chi connectivity index (χ2n) is 8.31. The Balaban J connectivity index is 1.47. The number of carbonyl (C=O) groups excluding carboxylic acids is 1. The molecule has 1 aliphatic carbocycles. The highest BCUT2D eigenvalue weighted by molar-refractivity contribution is 6.09. The van der Waals surface area contributed by atoms with Crippen molar-refractivity contribution in [3.8, 4) is 11.8 Å². The highest BCUT2D eigenvalue weighted by Gasteiger charge is 2.46. The Kier molecular flexibility index (Phi) is 6.34. The summed E-state index contributed by atoms with van der Waals surface area (Å²) in [6, 6.07) is 17.7. The van der Waals surface area contributed by atoms with Crippen LogP contribution in [-0.4, -0.2) is 31.4 Å². The van der Waals surface area contributed by atoms with Gasteiger partial charge in [0.2, 0.25) is 5.78 Å². The first-order chi connectivity index (χ1) is 14.6. The second kappa shape index (κ2) is 9.14. The van der Waals surface area contributed by atoms with Gasteiger partial charge in [0, 0.05) is 18.4 Å². The minimum atomic E-state index is -0.467. The van der Waals surface area contributed by atoms with Gasteiger partial charge in [0.25, 0.3) is 0 Å². The van der Waals surface area contributed by atoms with E-state index in [1.54, 1.807) is 0 Å². The van der Waals surface area contributed by atoms with Gasteiger partial charge in [-0.2, -0.15) is 0 Å². The monoisotopic (exact) mass is 404 g/mol. The number of Topliss-reactive ketones (excluding diaryl/α,β-unsaturated/α-hetero) is 1.